The van der Waals surface area contributed by atoms with Gasteiger partial charge in [-0.15, -0.1) is 0 Å². The highest BCUT2D eigenvalue weighted by atomic mass is 35.5. The van der Waals surface area contributed by atoms with Crippen LogP contribution in [0.3, 0.4) is 0 Å². The van der Waals surface area contributed by atoms with E-state index in [1.807, 2.05) is 48.5 Å². The molecule has 0 radical (unpaired) electrons. The van der Waals surface area contributed by atoms with Gasteiger partial charge < -0.3 is 0 Å². The lowest BCUT2D eigenvalue weighted by Gasteiger charge is -2.02. The molecule has 0 aliphatic rings. The maximum Gasteiger partial charge on any atom is 0.269 e. The fraction of sp³-hybridized carbons (Fsp3) is 0.0435. The van der Waals surface area contributed by atoms with E-state index in [2.05, 4.69) is 0 Å². The van der Waals surface area contributed by atoms with Crippen molar-refractivity contribution in [1.82, 2.24) is 3.96 Å². The number of aromatic nitrogens is 1. The average Bonchev–Trinajstić information content (AvgIpc) is 3.05. The van der Waals surface area contributed by atoms with Crippen LogP contribution in [0.15, 0.2) is 89.7 Å². The van der Waals surface area contributed by atoms with Gasteiger partial charge in [0.2, 0.25) is 5.78 Å². The molecule has 3 nitrogen and oxygen atoms in total. The Balaban J connectivity index is 1.85. The summed E-state index contributed by atoms with van der Waals surface area (Å²) in [6, 6.07) is 25.8. The molecule has 0 aliphatic heterocycles. The van der Waals surface area contributed by atoms with Crippen LogP contribution >= 0.6 is 23.1 Å². The quantitative estimate of drug-likeness (QED) is 0.411. The molecular weight excluding hydrogens is 390 g/mol. The second-order valence-electron chi connectivity index (χ2n) is 6.32. The zero-order valence-corrected chi connectivity index (χ0v) is 16.4. The Morgan fingerprint density at radius 2 is 1.46 bits per heavy atom. The van der Waals surface area contributed by atoms with Crippen molar-refractivity contribution in [3.63, 3.8) is 0 Å². The zero-order chi connectivity index (χ0) is 19.5. The lowest BCUT2D eigenvalue weighted by molar-refractivity contribution is 0.104. The third-order valence-corrected chi connectivity index (χ3v) is 5.75. The lowest BCUT2D eigenvalue weighted by atomic mass is 10.0. The largest absolute Gasteiger partial charge is 0.288 e. The van der Waals surface area contributed by atoms with Gasteiger partial charge in [-0.05, 0) is 23.3 Å². The van der Waals surface area contributed by atoms with Crippen LogP contribution in [0.4, 0.5) is 0 Å². The van der Waals surface area contributed by atoms with Gasteiger partial charge in [-0.25, -0.2) is 0 Å². The first-order valence-electron chi connectivity index (χ1n) is 8.77. The molecule has 0 spiro atoms. The molecule has 28 heavy (non-hydrogen) atoms. The SMILES string of the molecule is O=C(c1ccccc1)c1sn(Cc2ccccc2)c(=O)c1-c1ccc(Cl)cc1. The van der Waals surface area contributed by atoms with Gasteiger partial charge in [-0.1, -0.05) is 95.9 Å². The van der Waals surface area contributed by atoms with Crippen LogP contribution in [0, 0.1) is 0 Å². The average molecular weight is 406 g/mol. The summed E-state index contributed by atoms with van der Waals surface area (Å²) in [7, 11) is 0. The van der Waals surface area contributed by atoms with Crippen molar-refractivity contribution >= 4 is 28.9 Å². The first kappa shape index (κ1) is 18.4. The second kappa shape index (κ2) is 7.97. The number of carbonyl (C=O) groups excluding carboxylic acids is 1. The summed E-state index contributed by atoms with van der Waals surface area (Å²) in [6.45, 7) is 0.424. The maximum atomic E-state index is 13.2. The number of hydrogen-bond donors (Lipinski definition) is 0. The Kier molecular flexibility index (Phi) is 5.24. The van der Waals surface area contributed by atoms with Crippen LogP contribution in [-0.2, 0) is 6.54 Å². The molecule has 0 unspecified atom stereocenters. The Morgan fingerprint density at radius 1 is 0.857 bits per heavy atom. The number of carbonyl (C=O) groups is 1. The summed E-state index contributed by atoms with van der Waals surface area (Å²) in [5.41, 5.74) is 2.51. The van der Waals surface area contributed by atoms with E-state index < -0.39 is 0 Å². The minimum absolute atomic E-state index is 0.153. The molecule has 0 N–H and O–H groups in total. The Morgan fingerprint density at radius 3 is 2.11 bits per heavy atom. The molecule has 0 atom stereocenters. The third kappa shape index (κ3) is 3.70. The summed E-state index contributed by atoms with van der Waals surface area (Å²) in [4.78, 5) is 26.8. The van der Waals surface area contributed by atoms with Crippen LogP contribution in [0.25, 0.3) is 11.1 Å². The van der Waals surface area contributed by atoms with Crippen molar-refractivity contribution in [3.8, 4) is 11.1 Å². The number of nitrogens with zero attached hydrogens (tertiary/aromatic N) is 1. The highest BCUT2D eigenvalue weighted by Crippen LogP contribution is 2.28. The van der Waals surface area contributed by atoms with Gasteiger partial charge in [0.1, 0.15) is 4.88 Å². The van der Waals surface area contributed by atoms with E-state index in [0.717, 1.165) is 5.56 Å². The Hall–Kier alpha value is -2.95. The van der Waals surface area contributed by atoms with E-state index in [0.29, 0.717) is 33.1 Å². The van der Waals surface area contributed by atoms with E-state index in [1.165, 1.54) is 11.5 Å². The van der Waals surface area contributed by atoms with E-state index in [4.69, 9.17) is 11.6 Å². The summed E-state index contributed by atoms with van der Waals surface area (Å²) in [5.74, 6) is -0.153. The molecule has 1 aromatic heterocycles. The first-order valence-corrected chi connectivity index (χ1v) is 9.92. The van der Waals surface area contributed by atoms with Gasteiger partial charge in [0.15, 0.2) is 0 Å². The fourth-order valence-corrected chi connectivity index (χ4v) is 4.25. The van der Waals surface area contributed by atoms with E-state index in [1.54, 1.807) is 40.4 Å². The van der Waals surface area contributed by atoms with Crippen LogP contribution in [0.1, 0.15) is 20.8 Å². The lowest BCUT2D eigenvalue weighted by Crippen LogP contribution is -2.15. The minimum Gasteiger partial charge on any atom is -0.288 e. The molecule has 0 aliphatic carbocycles. The Bertz CT molecular complexity index is 1160. The standard InChI is InChI=1S/C23H16ClNO2S/c24-19-13-11-17(12-14-19)20-22(21(26)18-9-5-2-6-10-18)28-25(23(20)27)15-16-7-3-1-4-8-16/h1-14H,15H2. The molecular formula is C23H16ClNO2S. The van der Waals surface area contributed by atoms with Crippen molar-refractivity contribution in [1.29, 1.82) is 0 Å². The first-order chi connectivity index (χ1) is 13.6. The highest BCUT2D eigenvalue weighted by molar-refractivity contribution is 7.09. The van der Waals surface area contributed by atoms with E-state index in [9.17, 15) is 9.59 Å². The molecule has 0 amide bonds. The fourth-order valence-electron chi connectivity index (χ4n) is 3.02. The zero-order valence-electron chi connectivity index (χ0n) is 14.8. The molecule has 0 bridgehead atoms. The topological polar surface area (TPSA) is 39.1 Å². The van der Waals surface area contributed by atoms with Crippen LogP contribution in [0.2, 0.25) is 5.02 Å². The molecule has 4 rings (SSSR count). The Labute approximate surface area is 171 Å². The molecule has 0 saturated carbocycles. The summed E-state index contributed by atoms with van der Waals surface area (Å²) in [5, 5.41) is 0.583. The monoisotopic (exact) mass is 405 g/mol. The van der Waals surface area contributed by atoms with Crippen molar-refractivity contribution < 1.29 is 4.79 Å². The van der Waals surface area contributed by atoms with E-state index >= 15 is 0 Å². The molecule has 3 aromatic carbocycles. The predicted octanol–water partition coefficient (Wildman–Crippen LogP) is 5.51. The summed E-state index contributed by atoms with van der Waals surface area (Å²) in [6.07, 6.45) is 0. The highest BCUT2D eigenvalue weighted by Gasteiger charge is 2.23. The molecule has 0 fully saturated rings. The van der Waals surface area contributed by atoms with Gasteiger partial charge in [-0.3, -0.25) is 13.5 Å². The molecule has 4 aromatic rings. The maximum absolute atomic E-state index is 13.2. The molecule has 138 valence electrons. The third-order valence-electron chi connectivity index (χ3n) is 4.41. The summed E-state index contributed by atoms with van der Waals surface area (Å²) >= 11 is 7.21. The van der Waals surface area contributed by atoms with Gasteiger partial charge >= 0.3 is 0 Å². The number of benzene rings is 3. The number of halogens is 1. The van der Waals surface area contributed by atoms with Gasteiger partial charge in [0, 0.05) is 10.6 Å². The van der Waals surface area contributed by atoms with Crippen LogP contribution in [0.5, 0.6) is 0 Å². The molecule has 5 heteroatoms. The van der Waals surface area contributed by atoms with Gasteiger partial charge in [0.25, 0.3) is 5.56 Å². The minimum atomic E-state index is -0.171. The number of rotatable bonds is 5. The summed E-state index contributed by atoms with van der Waals surface area (Å²) < 4.78 is 1.63. The number of hydrogen-bond acceptors (Lipinski definition) is 3. The second-order valence-corrected chi connectivity index (χ2v) is 7.79. The molecule has 0 saturated heterocycles. The van der Waals surface area contributed by atoms with Gasteiger partial charge in [0.05, 0.1) is 12.1 Å². The smallest absolute Gasteiger partial charge is 0.269 e. The van der Waals surface area contributed by atoms with Crippen LogP contribution in [-0.4, -0.2) is 9.74 Å². The van der Waals surface area contributed by atoms with Crippen LogP contribution < -0.4 is 5.56 Å². The number of ketones is 1. The normalized spacial score (nSPS) is 10.8. The van der Waals surface area contributed by atoms with E-state index in [-0.39, 0.29) is 11.3 Å². The van der Waals surface area contributed by atoms with Crippen molar-refractivity contribution in [3.05, 3.63) is 116 Å². The van der Waals surface area contributed by atoms with Crippen molar-refractivity contribution in [2.75, 3.05) is 0 Å². The van der Waals surface area contributed by atoms with Crippen molar-refractivity contribution in [2.45, 2.75) is 6.54 Å². The van der Waals surface area contributed by atoms with Gasteiger partial charge in [-0.2, -0.15) is 0 Å². The van der Waals surface area contributed by atoms with Crippen molar-refractivity contribution in [2.24, 2.45) is 0 Å². The molecule has 1 heterocycles. The predicted molar refractivity (Wildman–Crippen MR) is 114 cm³/mol.